The fourth-order valence-corrected chi connectivity index (χ4v) is 13.1. The molecule has 55 heavy (non-hydrogen) atoms. The molecule has 3 saturated heterocycles. The van der Waals surface area contributed by atoms with Crippen molar-refractivity contribution in [3.8, 4) is 0 Å². The van der Waals surface area contributed by atoms with Crippen molar-refractivity contribution in [2.75, 3.05) is 0 Å². The summed E-state index contributed by atoms with van der Waals surface area (Å²) in [6.45, 7) is 9.74. The molecule has 3 aliphatic heterocycles. The minimum Gasteiger partial charge on any atom is -0.392 e. The number of aliphatic hydroxyl groups is 6. The normalized spacial score (nSPS) is 55.7. The van der Waals surface area contributed by atoms with Gasteiger partial charge in [0.2, 0.25) is 0 Å². The number of fused-ring (bicyclic) bond motifs is 5. The van der Waals surface area contributed by atoms with Gasteiger partial charge < -0.3 is 59.1 Å². The molecule has 312 valence electrons. The molecule has 0 spiro atoms. The van der Waals surface area contributed by atoms with E-state index in [1.54, 1.807) is 19.9 Å². The molecule has 0 unspecified atom stereocenters. The Morgan fingerprint density at radius 1 is 0.673 bits per heavy atom. The lowest BCUT2D eigenvalue weighted by molar-refractivity contribution is -0.336. The third kappa shape index (κ3) is 7.01. The van der Waals surface area contributed by atoms with Gasteiger partial charge in [-0.2, -0.15) is 0 Å². The fraction of sp³-hybridized carbons (Fsp3) is 0.929. The zero-order valence-corrected chi connectivity index (χ0v) is 33.2. The van der Waals surface area contributed by atoms with Gasteiger partial charge in [-0.05, 0) is 114 Å². The van der Waals surface area contributed by atoms with Gasteiger partial charge in [0.05, 0.1) is 54.4 Å². The Morgan fingerprint density at radius 2 is 1.27 bits per heavy atom. The number of carbonyl (C=O) groups is 1. The molecular weight excluding hydrogens is 712 g/mol. The zero-order valence-electron chi connectivity index (χ0n) is 33.2. The first-order valence-corrected chi connectivity index (χ1v) is 21.3. The summed E-state index contributed by atoms with van der Waals surface area (Å²) in [7, 11) is 0. The summed E-state index contributed by atoms with van der Waals surface area (Å²) in [6, 6.07) is 0. The predicted molar refractivity (Wildman–Crippen MR) is 196 cm³/mol. The second-order valence-corrected chi connectivity index (χ2v) is 19.2. The van der Waals surface area contributed by atoms with Crippen LogP contribution in [0.1, 0.15) is 118 Å². The first kappa shape index (κ1) is 40.7. The van der Waals surface area contributed by atoms with E-state index in [0.717, 1.165) is 50.5 Å². The average molecular weight is 779 g/mol. The van der Waals surface area contributed by atoms with Crippen LogP contribution < -0.4 is 0 Å². The molecule has 13 heteroatoms. The lowest BCUT2D eigenvalue weighted by Crippen LogP contribution is -2.67. The van der Waals surface area contributed by atoms with Gasteiger partial charge in [0.25, 0.3) is 0 Å². The third-order valence-electron chi connectivity index (χ3n) is 16.3. The summed E-state index contributed by atoms with van der Waals surface area (Å²) >= 11 is 0. The van der Waals surface area contributed by atoms with Crippen LogP contribution in [-0.4, -0.2) is 128 Å². The van der Waals surface area contributed by atoms with Crippen LogP contribution in [0.25, 0.3) is 0 Å². The van der Waals surface area contributed by atoms with Gasteiger partial charge in [-0.25, -0.2) is 0 Å². The number of ketones is 1. The van der Waals surface area contributed by atoms with Crippen LogP contribution in [0, 0.1) is 34.5 Å². The van der Waals surface area contributed by atoms with E-state index in [0.29, 0.717) is 25.2 Å². The van der Waals surface area contributed by atoms with E-state index >= 15 is 0 Å². The minimum absolute atomic E-state index is 0.0298. The summed E-state index contributed by atoms with van der Waals surface area (Å²) in [4.78, 5) is 12.2. The van der Waals surface area contributed by atoms with E-state index in [1.165, 1.54) is 0 Å². The van der Waals surface area contributed by atoms with E-state index in [2.05, 4.69) is 13.8 Å². The van der Waals surface area contributed by atoms with Gasteiger partial charge in [0.15, 0.2) is 24.7 Å². The van der Waals surface area contributed by atoms with E-state index in [1.807, 2.05) is 6.92 Å². The number of aliphatic hydroxyl groups excluding tert-OH is 5. The Hall–Kier alpha value is -1.07. The minimum atomic E-state index is -1.00. The fourth-order valence-electron chi connectivity index (χ4n) is 13.1. The number of hydrogen-bond acceptors (Lipinski definition) is 13. The maximum Gasteiger partial charge on any atom is 0.161 e. The Labute approximate surface area is 325 Å². The summed E-state index contributed by atoms with van der Waals surface area (Å²) in [5.41, 5.74) is -0.509. The molecular formula is C42H66O13. The quantitative estimate of drug-likeness (QED) is 0.207. The molecule has 6 N–H and O–H groups in total. The van der Waals surface area contributed by atoms with Crippen LogP contribution in [0.2, 0.25) is 0 Å². The number of allylic oxidation sites excluding steroid dienone is 2. The van der Waals surface area contributed by atoms with E-state index < -0.39 is 90.9 Å². The van der Waals surface area contributed by atoms with Crippen LogP contribution in [0.3, 0.4) is 0 Å². The number of hydrogen-bond donors (Lipinski definition) is 6. The van der Waals surface area contributed by atoms with Crippen LogP contribution in [0.4, 0.5) is 0 Å². The van der Waals surface area contributed by atoms with E-state index in [9.17, 15) is 35.4 Å². The molecule has 0 bridgehead atoms. The van der Waals surface area contributed by atoms with Gasteiger partial charge in [-0.15, -0.1) is 0 Å². The predicted octanol–water partition coefficient (Wildman–Crippen LogP) is 3.02. The highest BCUT2D eigenvalue weighted by molar-refractivity contribution is 5.93. The molecule has 5 aliphatic carbocycles. The standard InChI is InChI=1S/C42H66O13/c1-20-37(48)30(44)17-35(50-20)54-39-22(3)52-36(19-32(39)46)55-38-21(2)51-34(18-31(38)45)53-26-10-12-40(4)24(15-26)7-9-28-29(40)16-33(47)41(5)27(11-13-42(28,41)49)23-6-8-25(43)14-23/h14,20-22,24,26-39,44-49H,6-13,15-19H2,1-5H3/t20-,21-,22-,24-,26+,27-,28-,29+,30+,31+,32+,33-,34+,35+,36+,37-,38-,39-,40+,41+,42+/m1/s1. The lowest BCUT2D eigenvalue weighted by atomic mass is 9.42. The van der Waals surface area contributed by atoms with Gasteiger partial charge in [0.1, 0.15) is 18.3 Å². The molecule has 0 aromatic rings. The highest BCUT2D eigenvalue weighted by atomic mass is 16.7. The number of ether oxygens (including phenoxy) is 6. The number of rotatable bonds is 7. The molecule has 8 rings (SSSR count). The van der Waals surface area contributed by atoms with Gasteiger partial charge in [0, 0.05) is 31.1 Å². The average Bonchev–Trinajstić information content (AvgIpc) is 3.67. The molecule has 7 fully saturated rings. The second kappa shape index (κ2) is 15.2. The topological polar surface area (TPSA) is 194 Å². The third-order valence-corrected chi connectivity index (χ3v) is 16.3. The summed E-state index contributed by atoms with van der Waals surface area (Å²) < 4.78 is 36.9. The van der Waals surface area contributed by atoms with Gasteiger partial charge in [-0.1, -0.05) is 19.4 Å². The zero-order chi connectivity index (χ0) is 39.2. The van der Waals surface area contributed by atoms with Crippen molar-refractivity contribution < 1.29 is 63.9 Å². The SMILES string of the molecule is C[C@H]1O[C@@H](O[C@H]2[C@@H](O)C[C@H](O[C@H]3[C@@H](O)C[C@H](O[C@H]4CC[C@@]5(C)[C@H](CC[C@@H]6[C@@H]5C[C@@H](O)[C@]5(C)[C@@H](C7=CC(=O)CC7)CC[C@]65O)C4)O[C@@H]3C)O[C@@H]2C)C[C@H](O)[C@@H]1O. The molecule has 0 aromatic heterocycles. The van der Waals surface area contributed by atoms with Crippen molar-refractivity contribution in [2.24, 2.45) is 34.5 Å². The van der Waals surface area contributed by atoms with Crippen molar-refractivity contribution in [1.82, 2.24) is 0 Å². The Morgan fingerprint density at radius 3 is 1.85 bits per heavy atom. The second-order valence-electron chi connectivity index (χ2n) is 19.2. The highest BCUT2D eigenvalue weighted by Gasteiger charge is 2.70. The summed E-state index contributed by atoms with van der Waals surface area (Å²) in [5, 5.41) is 67.0. The molecule has 3 heterocycles. The van der Waals surface area contributed by atoms with Gasteiger partial charge in [-0.3, -0.25) is 4.79 Å². The van der Waals surface area contributed by atoms with Crippen LogP contribution in [0.5, 0.6) is 0 Å². The Kier molecular flexibility index (Phi) is 11.2. The van der Waals surface area contributed by atoms with Crippen LogP contribution in [0.15, 0.2) is 11.6 Å². The molecule has 13 nitrogen and oxygen atoms in total. The summed E-state index contributed by atoms with van der Waals surface area (Å²) in [6.07, 6.45) is 0.434. The molecule has 4 saturated carbocycles. The van der Waals surface area contributed by atoms with Crippen molar-refractivity contribution in [1.29, 1.82) is 0 Å². The first-order valence-electron chi connectivity index (χ1n) is 21.3. The maximum atomic E-state index is 12.6. The van der Waals surface area contributed by atoms with Crippen molar-refractivity contribution in [3.05, 3.63) is 11.6 Å². The van der Waals surface area contributed by atoms with Crippen molar-refractivity contribution in [3.63, 3.8) is 0 Å². The van der Waals surface area contributed by atoms with E-state index in [4.69, 9.17) is 28.4 Å². The van der Waals surface area contributed by atoms with E-state index in [-0.39, 0.29) is 54.3 Å². The monoisotopic (exact) mass is 778 g/mol. The molecule has 21 atom stereocenters. The van der Waals surface area contributed by atoms with Crippen LogP contribution in [-0.2, 0) is 33.2 Å². The molecule has 0 radical (unpaired) electrons. The van der Waals surface area contributed by atoms with Crippen molar-refractivity contribution in [2.45, 2.75) is 210 Å². The summed E-state index contributed by atoms with van der Waals surface area (Å²) in [5.74, 6) is 0.921. The van der Waals surface area contributed by atoms with Gasteiger partial charge >= 0.3 is 0 Å². The molecule has 8 aliphatic rings. The molecule has 0 aromatic carbocycles. The Bertz CT molecular complexity index is 1410. The maximum absolute atomic E-state index is 12.6. The smallest absolute Gasteiger partial charge is 0.161 e. The van der Waals surface area contributed by atoms with Crippen molar-refractivity contribution >= 4 is 5.78 Å². The molecule has 0 amide bonds. The Balaban J connectivity index is 0.837. The largest absolute Gasteiger partial charge is 0.392 e. The first-order chi connectivity index (χ1) is 26.0. The van der Waals surface area contributed by atoms with Crippen LogP contribution >= 0.6 is 0 Å². The number of carbonyl (C=O) groups excluding carboxylic acids is 1. The highest BCUT2D eigenvalue weighted by Crippen LogP contribution is 2.70. The lowest BCUT2D eigenvalue weighted by Gasteiger charge is -2.65.